The number of carbonyl (C=O) groups is 2. The van der Waals surface area contributed by atoms with E-state index >= 15 is 0 Å². The highest BCUT2D eigenvalue weighted by molar-refractivity contribution is 6.30. The number of nitrogens with zero attached hydrogens (tertiary/aromatic N) is 1. The lowest BCUT2D eigenvalue weighted by atomic mass is 10.1. The van der Waals surface area contributed by atoms with E-state index in [4.69, 9.17) is 16.7 Å². The number of pyridine rings is 1. The van der Waals surface area contributed by atoms with Crippen LogP contribution in [-0.2, 0) is 4.79 Å². The van der Waals surface area contributed by atoms with Crippen molar-refractivity contribution in [1.29, 1.82) is 0 Å². The number of amides is 1. The SMILES string of the molecule is O=CCC(NC(=O)O)c1cncc(Cl)c1. The normalized spacial score (nSPS) is 11.8. The van der Waals surface area contributed by atoms with Gasteiger partial charge in [0.1, 0.15) is 6.29 Å². The predicted molar refractivity (Wildman–Crippen MR) is 53.8 cm³/mol. The average molecular weight is 229 g/mol. The number of nitrogens with one attached hydrogen (secondary N) is 1. The quantitative estimate of drug-likeness (QED) is 0.768. The third kappa shape index (κ3) is 3.55. The summed E-state index contributed by atoms with van der Waals surface area (Å²) in [5.74, 6) is 0. The Bertz CT molecular complexity index is 370. The fourth-order valence-corrected chi connectivity index (χ4v) is 1.32. The van der Waals surface area contributed by atoms with Gasteiger partial charge in [0.05, 0.1) is 11.1 Å². The smallest absolute Gasteiger partial charge is 0.405 e. The average Bonchev–Trinajstić information content (AvgIpc) is 2.16. The summed E-state index contributed by atoms with van der Waals surface area (Å²) in [6, 6.07) is 0.963. The number of hydrogen-bond donors (Lipinski definition) is 2. The van der Waals surface area contributed by atoms with Crippen LogP contribution in [0.25, 0.3) is 0 Å². The number of halogens is 1. The third-order valence-electron chi connectivity index (χ3n) is 1.76. The Hall–Kier alpha value is -1.62. The highest BCUT2D eigenvalue weighted by Gasteiger charge is 2.13. The van der Waals surface area contributed by atoms with Gasteiger partial charge in [-0.25, -0.2) is 4.79 Å². The Morgan fingerprint density at radius 2 is 2.40 bits per heavy atom. The summed E-state index contributed by atoms with van der Waals surface area (Å²) in [5.41, 5.74) is 0.567. The summed E-state index contributed by atoms with van der Waals surface area (Å²) >= 11 is 5.70. The van der Waals surface area contributed by atoms with Gasteiger partial charge in [0.2, 0.25) is 0 Å². The van der Waals surface area contributed by atoms with Gasteiger partial charge in [0, 0.05) is 18.8 Å². The highest BCUT2D eigenvalue weighted by atomic mass is 35.5. The van der Waals surface area contributed by atoms with E-state index in [0.717, 1.165) is 0 Å². The topological polar surface area (TPSA) is 79.3 Å². The molecule has 0 saturated heterocycles. The van der Waals surface area contributed by atoms with Gasteiger partial charge in [-0.3, -0.25) is 4.98 Å². The number of hydrogen-bond acceptors (Lipinski definition) is 3. The highest BCUT2D eigenvalue weighted by Crippen LogP contribution is 2.18. The molecular formula is C9H9ClN2O3. The first-order chi connectivity index (χ1) is 7.13. The van der Waals surface area contributed by atoms with E-state index in [2.05, 4.69) is 10.3 Å². The van der Waals surface area contributed by atoms with Gasteiger partial charge in [-0.05, 0) is 11.6 Å². The minimum absolute atomic E-state index is 0.0499. The van der Waals surface area contributed by atoms with Gasteiger partial charge in [0.25, 0.3) is 0 Å². The first-order valence-electron chi connectivity index (χ1n) is 4.17. The van der Waals surface area contributed by atoms with Gasteiger partial charge >= 0.3 is 6.09 Å². The van der Waals surface area contributed by atoms with Crippen molar-refractivity contribution in [2.45, 2.75) is 12.5 Å². The molecule has 80 valence electrons. The van der Waals surface area contributed by atoms with Crippen molar-refractivity contribution < 1.29 is 14.7 Å². The molecule has 6 heteroatoms. The molecule has 0 spiro atoms. The van der Waals surface area contributed by atoms with Crippen LogP contribution in [0, 0.1) is 0 Å². The Morgan fingerprint density at radius 3 is 2.93 bits per heavy atom. The summed E-state index contributed by atoms with van der Waals surface area (Å²) in [4.78, 5) is 24.6. The van der Waals surface area contributed by atoms with E-state index in [1.54, 1.807) is 6.07 Å². The van der Waals surface area contributed by atoms with Crippen molar-refractivity contribution in [3.05, 3.63) is 29.0 Å². The zero-order chi connectivity index (χ0) is 11.3. The Labute approximate surface area is 91.1 Å². The fraction of sp³-hybridized carbons (Fsp3) is 0.222. The van der Waals surface area contributed by atoms with E-state index in [-0.39, 0.29) is 6.42 Å². The van der Waals surface area contributed by atoms with E-state index < -0.39 is 12.1 Å². The van der Waals surface area contributed by atoms with Gasteiger partial charge < -0.3 is 15.2 Å². The largest absolute Gasteiger partial charge is 0.465 e. The molecule has 0 saturated carbocycles. The van der Waals surface area contributed by atoms with Crippen molar-refractivity contribution in [2.75, 3.05) is 0 Å². The van der Waals surface area contributed by atoms with Crippen LogP contribution in [0.4, 0.5) is 4.79 Å². The lowest BCUT2D eigenvalue weighted by Gasteiger charge is -2.13. The van der Waals surface area contributed by atoms with Crippen molar-refractivity contribution in [3.63, 3.8) is 0 Å². The molecule has 1 unspecified atom stereocenters. The van der Waals surface area contributed by atoms with E-state index in [1.807, 2.05) is 0 Å². The minimum Gasteiger partial charge on any atom is -0.465 e. The van der Waals surface area contributed by atoms with Crippen LogP contribution in [0.1, 0.15) is 18.0 Å². The van der Waals surface area contributed by atoms with E-state index in [9.17, 15) is 9.59 Å². The molecule has 1 heterocycles. The zero-order valence-corrected chi connectivity index (χ0v) is 8.44. The van der Waals surface area contributed by atoms with Crippen molar-refractivity contribution in [1.82, 2.24) is 10.3 Å². The first kappa shape index (κ1) is 11.5. The first-order valence-corrected chi connectivity index (χ1v) is 4.55. The maximum atomic E-state index is 10.5. The lowest BCUT2D eigenvalue weighted by molar-refractivity contribution is -0.108. The molecule has 0 aliphatic rings. The summed E-state index contributed by atoms with van der Waals surface area (Å²) in [6.45, 7) is 0. The molecule has 0 aliphatic carbocycles. The molecule has 5 nitrogen and oxygen atoms in total. The number of aromatic nitrogens is 1. The lowest BCUT2D eigenvalue weighted by Crippen LogP contribution is -2.27. The molecule has 1 aromatic heterocycles. The maximum Gasteiger partial charge on any atom is 0.405 e. The molecule has 0 bridgehead atoms. The summed E-state index contributed by atoms with van der Waals surface area (Å²) in [7, 11) is 0. The fourth-order valence-electron chi connectivity index (χ4n) is 1.14. The molecular weight excluding hydrogens is 220 g/mol. The van der Waals surface area contributed by atoms with Crippen molar-refractivity contribution in [2.24, 2.45) is 0 Å². The molecule has 1 amide bonds. The van der Waals surface area contributed by atoms with E-state index in [0.29, 0.717) is 16.9 Å². The number of carboxylic acid groups (broad SMARTS) is 1. The van der Waals surface area contributed by atoms with Crippen LogP contribution < -0.4 is 5.32 Å². The molecule has 1 atom stereocenters. The van der Waals surface area contributed by atoms with Crippen LogP contribution in [-0.4, -0.2) is 22.5 Å². The summed E-state index contributed by atoms with van der Waals surface area (Å²) in [5, 5.41) is 11.2. The molecule has 0 fully saturated rings. The van der Waals surface area contributed by atoms with Gasteiger partial charge in [-0.2, -0.15) is 0 Å². The van der Waals surface area contributed by atoms with Gasteiger partial charge in [-0.1, -0.05) is 11.6 Å². The van der Waals surface area contributed by atoms with E-state index in [1.165, 1.54) is 12.4 Å². The van der Waals surface area contributed by atoms with Crippen LogP contribution in [0.3, 0.4) is 0 Å². The second kappa shape index (κ2) is 5.31. The number of aldehydes is 1. The maximum absolute atomic E-state index is 10.5. The van der Waals surface area contributed by atoms with Gasteiger partial charge in [0.15, 0.2) is 0 Å². The monoisotopic (exact) mass is 228 g/mol. The zero-order valence-electron chi connectivity index (χ0n) is 7.68. The van der Waals surface area contributed by atoms with Crippen LogP contribution in [0.2, 0.25) is 5.02 Å². The minimum atomic E-state index is -1.19. The van der Waals surface area contributed by atoms with Crippen molar-refractivity contribution in [3.8, 4) is 0 Å². The van der Waals surface area contributed by atoms with Crippen LogP contribution >= 0.6 is 11.6 Å². The predicted octanol–water partition coefficient (Wildman–Crippen LogP) is 1.63. The second-order valence-corrected chi connectivity index (χ2v) is 3.28. The summed E-state index contributed by atoms with van der Waals surface area (Å²) in [6.07, 6.45) is 2.40. The second-order valence-electron chi connectivity index (χ2n) is 2.84. The van der Waals surface area contributed by atoms with Crippen molar-refractivity contribution >= 4 is 24.0 Å². The molecule has 2 N–H and O–H groups in total. The Morgan fingerprint density at radius 1 is 1.67 bits per heavy atom. The molecule has 0 aromatic carbocycles. The number of carbonyl (C=O) groups excluding carboxylic acids is 1. The number of rotatable bonds is 4. The summed E-state index contributed by atoms with van der Waals surface area (Å²) < 4.78 is 0. The molecule has 15 heavy (non-hydrogen) atoms. The van der Waals surface area contributed by atoms with Crippen LogP contribution in [0.15, 0.2) is 18.5 Å². The Kier molecular flexibility index (Phi) is 4.05. The molecule has 0 aliphatic heterocycles. The molecule has 1 aromatic rings. The van der Waals surface area contributed by atoms with Crippen LogP contribution in [0.5, 0.6) is 0 Å². The molecule has 0 radical (unpaired) electrons. The van der Waals surface area contributed by atoms with Gasteiger partial charge in [-0.15, -0.1) is 0 Å². The Balaban J connectivity index is 2.87. The molecule has 1 rings (SSSR count). The third-order valence-corrected chi connectivity index (χ3v) is 1.96. The standard InChI is InChI=1S/C9H9ClN2O3/c10-7-3-6(4-11-5-7)8(1-2-13)12-9(14)15/h2-5,8,12H,1H2,(H,14,15).